The van der Waals surface area contributed by atoms with Crippen LogP contribution in [0.5, 0.6) is 0 Å². The molecule has 4 aromatic rings. The first kappa shape index (κ1) is 29.3. The van der Waals surface area contributed by atoms with Crippen molar-refractivity contribution in [3.63, 3.8) is 0 Å². The predicted octanol–water partition coefficient (Wildman–Crippen LogP) is 4.26. The molecule has 5 rings (SSSR count). The Morgan fingerprint density at radius 1 is 1.29 bits per heavy atom. The highest BCUT2D eigenvalue weighted by molar-refractivity contribution is 5.90. The standard InChI is InChI=1S/C23H22F2N8O.C2HF3O2/c1-34-12-17-18(24)9-28-23(20(17)25)32-7-4-14(10-32)19(2-5-26)33-11-15(8-31-33)21-16-3-6-27-22(16)30-13-29-21;3-2(4,5)1(6)7/h3,6,8-9,11,13-14,19H,2,4,7,10,12H2,1H3,(H,27,29,30);(H,6,7)/t14-,19-;/m0./s1. The zero-order chi connectivity index (χ0) is 29.7. The lowest BCUT2D eigenvalue weighted by Gasteiger charge is -2.23. The summed E-state index contributed by atoms with van der Waals surface area (Å²) in [6.07, 6.45) is 3.81. The number of nitrogens with one attached hydrogen (secondary N) is 1. The summed E-state index contributed by atoms with van der Waals surface area (Å²) >= 11 is 0. The van der Waals surface area contributed by atoms with Crippen molar-refractivity contribution in [2.75, 3.05) is 25.1 Å². The number of aromatic amines is 1. The first-order valence-corrected chi connectivity index (χ1v) is 12.1. The predicted molar refractivity (Wildman–Crippen MR) is 133 cm³/mol. The zero-order valence-corrected chi connectivity index (χ0v) is 21.4. The largest absolute Gasteiger partial charge is 0.490 e. The van der Waals surface area contributed by atoms with Gasteiger partial charge in [-0.2, -0.15) is 23.5 Å². The van der Waals surface area contributed by atoms with Gasteiger partial charge in [-0.15, -0.1) is 0 Å². The molecule has 0 spiro atoms. The number of pyridine rings is 1. The van der Waals surface area contributed by atoms with Crippen molar-refractivity contribution in [1.29, 1.82) is 5.26 Å². The molecule has 16 heteroatoms. The van der Waals surface area contributed by atoms with E-state index in [4.69, 9.17) is 14.6 Å². The molecule has 0 radical (unpaired) electrons. The Kier molecular flexibility index (Phi) is 8.77. The van der Waals surface area contributed by atoms with E-state index < -0.39 is 23.8 Å². The van der Waals surface area contributed by atoms with E-state index in [1.807, 2.05) is 12.3 Å². The molecular formula is C25H23F5N8O3. The molecule has 4 aromatic heterocycles. The van der Waals surface area contributed by atoms with Crippen molar-refractivity contribution in [2.24, 2.45) is 5.92 Å². The molecule has 41 heavy (non-hydrogen) atoms. The lowest BCUT2D eigenvalue weighted by molar-refractivity contribution is -0.192. The number of aromatic nitrogens is 6. The highest BCUT2D eigenvalue weighted by Gasteiger charge is 2.38. The molecule has 2 atom stereocenters. The van der Waals surface area contributed by atoms with Gasteiger partial charge in [0, 0.05) is 49.5 Å². The first-order valence-electron chi connectivity index (χ1n) is 12.1. The molecule has 1 saturated heterocycles. The Hall–Kier alpha value is -4.65. The average Bonchev–Trinajstić information content (AvgIpc) is 3.70. The molecule has 0 unspecified atom stereocenters. The lowest BCUT2D eigenvalue weighted by atomic mass is 9.96. The number of methoxy groups -OCH3 is 1. The number of carbonyl (C=O) groups is 1. The topological polar surface area (TPSA) is 146 Å². The second-order valence-corrected chi connectivity index (χ2v) is 9.05. The molecule has 1 aliphatic heterocycles. The third-order valence-electron chi connectivity index (χ3n) is 6.52. The third-order valence-corrected chi connectivity index (χ3v) is 6.52. The van der Waals surface area contributed by atoms with E-state index >= 15 is 0 Å². The Balaban J connectivity index is 0.000000493. The molecule has 0 aliphatic carbocycles. The molecule has 0 amide bonds. The maximum Gasteiger partial charge on any atom is 0.490 e. The van der Waals surface area contributed by atoms with Crippen LogP contribution in [0.15, 0.2) is 37.2 Å². The van der Waals surface area contributed by atoms with Crippen LogP contribution in [0.4, 0.5) is 27.8 Å². The van der Waals surface area contributed by atoms with Gasteiger partial charge in [0.25, 0.3) is 0 Å². The van der Waals surface area contributed by atoms with Crippen molar-refractivity contribution < 1.29 is 36.6 Å². The molecule has 5 heterocycles. The molecular weight excluding hydrogens is 555 g/mol. The fraction of sp³-hybridized carbons (Fsp3) is 0.360. The number of anilines is 1. The van der Waals surface area contributed by atoms with Gasteiger partial charge in [-0.3, -0.25) is 4.68 Å². The van der Waals surface area contributed by atoms with Crippen LogP contribution in [0.1, 0.15) is 24.4 Å². The second kappa shape index (κ2) is 12.3. The molecule has 0 bridgehead atoms. The number of carboxylic acid groups (broad SMARTS) is 1. The van der Waals surface area contributed by atoms with Gasteiger partial charge in [0.1, 0.15) is 17.8 Å². The Bertz CT molecular complexity index is 1560. The number of nitriles is 1. The summed E-state index contributed by atoms with van der Waals surface area (Å²) in [6, 6.07) is 3.95. The van der Waals surface area contributed by atoms with Crippen LogP contribution in [-0.4, -0.2) is 67.2 Å². The quantitative estimate of drug-likeness (QED) is 0.307. The van der Waals surface area contributed by atoms with Crippen molar-refractivity contribution in [2.45, 2.75) is 31.7 Å². The zero-order valence-electron chi connectivity index (χ0n) is 21.4. The number of alkyl halides is 3. The summed E-state index contributed by atoms with van der Waals surface area (Å²) in [4.78, 5) is 26.4. The van der Waals surface area contributed by atoms with Gasteiger partial charge >= 0.3 is 12.1 Å². The van der Waals surface area contributed by atoms with Crippen LogP contribution < -0.4 is 4.90 Å². The number of hydrogen-bond acceptors (Lipinski definition) is 8. The van der Waals surface area contributed by atoms with E-state index in [1.54, 1.807) is 22.0 Å². The molecule has 1 fully saturated rings. The van der Waals surface area contributed by atoms with Crippen LogP contribution in [-0.2, 0) is 16.1 Å². The van der Waals surface area contributed by atoms with Gasteiger partial charge in [0.05, 0.1) is 48.8 Å². The summed E-state index contributed by atoms with van der Waals surface area (Å²) in [7, 11) is 1.39. The van der Waals surface area contributed by atoms with Crippen molar-refractivity contribution >= 4 is 22.8 Å². The number of carboxylic acids is 1. The normalized spacial score (nSPS) is 15.8. The van der Waals surface area contributed by atoms with E-state index in [9.17, 15) is 27.2 Å². The Morgan fingerprint density at radius 2 is 2.05 bits per heavy atom. The van der Waals surface area contributed by atoms with E-state index in [1.165, 1.54) is 13.4 Å². The van der Waals surface area contributed by atoms with Crippen LogP contribution in [0.2, 0.25) is 0 Å². The lowest BCUT2D eigenvalue weighted by Crippen LogP contribution is -2.26. The van der Waals surface area contributed by atoms with Gasteiger partial charge in [-0.05, 0) is 12.5 Å². The minimum Gasteiger partial charge on any atom is -0.475 e. The molecule has 11 nitrogen and oxygen atoms in total. The average molecular weight is 579 g/mol. The Morgan fingerprint density at radius 3 is 2.73 bits per heavy atom. The summed E-state index contributed by atoms with van der Waals surface area (Å²) in [5, 5.41) is 22.0. The number of hydrogen-bond donors (Lipinski definition) is 2. The van der Waals surface area contributed by atoms with Crippen LogP contribution in [0, 0.1) is 28.9 Å². The number of fused-ring (bicyclic) bond motifs is 1. The minimum absolute atomic E-state index is 0.0298. The van der Waals surface area contributed by atoms with E-state index in [-0.39, 0.29) is 36.4 Å². The number of rotatable bonds is 7. The maximum atomic E-state index is 15.0. The van der Waals surface area contributed by atoms with Gasteiger partial charge in [-0.1, -0.05) is 0 Å². The number of nitrogens with zero attached hydrogens (tertiary/aromatic N) is 7. The second-order valence-electron chi connectivity index (χ2n) is 9.05. The molecule has 216 valence electrons. The van der Waals surface area contributed by atoms with Crippen molar-refractivity contribution in [1.82, 2.24) is 29.7 Å². The van der Waals surface area contributed by atoms with Gasteiger partial charge in [-0.25, -0.2) is 28.5 Å². The van der Waals surface area contributed by atoms with E-state index in [0.717, 1.165) is 34.9 Å². The fourth-order valence-electron chi connectivity index (χ4n) is 4.60. The highest BCUT2D eigenvalue weighted by Crippen LogP contribution is 2.35. The number of aliphatic carboxylic acids is 1. The smallest absolute Gasteiger partial charge is 0.475 e. The summed E-state index contributed by atoms with van der Waals surface area (Å²) in [6.45, 7) is 0.840. The van der Waals surface area contributed by atoms with Crippen LogP contribution >= 0.6 is 0 Å². The number of halogens is 5. The minimum atomic E-state index is -5.08. The van der Waals surface area contributed by atoms with Crippen molar-refractivity contribution in [3.8, 4) is 17.3 Å². The van der Waals surface area contributed by atoms with Gasteiger partial charge in [0.15, 0.2) is 11.6 Å². The Labute approximate surface area is 229 Å². The van der Waals surface area contributed by atoms with Crippen LogP contribution in [0.25, 0.3) is 22.3 Å². The number of ether oxygens (including phenoxy) is 1. The van der Waals surface area contributed by atoms with E-state index in [0.29, 0.717) is 13.1 Å². The highest BCUT2D eigenvalue weighted by atomic mass is 19.4. The first-order chi connectivity index (χ1) is 19.5. The summed E-state index contributed by atoms with van der Waals surface area (Å²) in [5.41, 5.74) is 2.17. The summed E-state index contributed by atoms with van der Waals surface area (Å²) < 4.78 is 67.4. The third kappa shape index (κ3) is 6.40. The van der Waals surface area contributed by atoms with Crippen molar-refractivity contribution in [3.05, 3.63) is 54.4 Å². The molecule has 0 aromatic carbocycles. The van der Waals surface area contributed by atoms with Gasteiger partial charge < -0.3 is 19.7 Å². The van der Waals surface area contributed by atoms with Gasteiger partial charge in [0.2, 0.25) is 0 Å². The maximum absolute atomic E-state index is 15.0. The number of H-pyrrole nitrogens is 1. The van der Waals surface area contributed by atoms with E-state index in [2.05, 4.69) is 31.1 Å². The van der Waals surface area contributed by atoms with Crippen LogP contribution in [0.3, 0.4) is 0 Å². The molecule has 0 saturated carbocycles. The fourth-order valence-corrected chi connectivity index (χ4v) is 4.60. The SMILES string of the molecule is COCc1c(F)cnc(N2CC[C@H]([C@H](CC#N)n3cc(-c4ncnc5[nH]ccc45)cn3)C2)c1F.O=C(O)C(F)(F)F. The molecule has 1 aliphatic rings. The molecule has 2 N–H and O–H groups in total. The monoisotopic (exact) mass is 578 g/mol. The summed E-state index contributed by atoms with van der Waals surface area (Å²) in [5.74, 6) is -4.06.